The fraction of sp³-hybridized carbons (Fsp3) is 0.500. The first-order chi connectivity index (χ1) is 6.68. The molecular weight excluding hydrogens is 252 g/mol. The second-order valence-electron chi connectivity index (χ2n) is 4.07. The highest BCUT2D eigenvalue weighted by atomic mass is 79.9. The van der Waals surface area contributed by atoms with Crippen LogP contribution in [0.1, 0.15) is 11.1 Å². The van der Waals surface area contributed by atoms with Crippen molar-refractivity contribution in [3.63, 3.8) is 0 Å². The van der Waals surface area contributed by atoms with Gasteiger partial charge in [-0.3, -0.25) is 0 Å². The Balaban J connectivity index is 0.00000196. The first-order valence-corrected chi connectivity index (χ1v) is 5.20. The molecule has 1 aromatic carbocycles. The third-order valence-corrected chi connectivity index (χ3v) is 2.24. The van der Waals surface area contributed by atoms with E-state index in [0.717, 1.165) is 13.1 Å². The van der Waals surface area contributed by atoms with Crippen molar-refractivity contribution in [3.8, 4) is 0 Å². The standard InChI is InChI=1S/C12H20N2.BrH/c1-11-5-4-6-12(9-11)10-13-7-8-14(2)3;/h4-6,9,13H,7-8,10H2,1-3H3;1H. The predicted molar refractivity (Wildman–Crippen MR) is 60.2 cm³/mol. The molecule has 0 amide bonds. The molecule has 0 fully saturated rings. The number of aryl methyl sites for hydroxylation is 1. The van der Waals surface area contributed by atoms with Crippen LogP contribution in [0.15, 0.2) is 24.3 Å². The highest BCUT2D eigenvalue weighted by molar-refractivity contribution is 5.21. The topological polar surface area (TPSA) is 19.9 Å². The molecule has 2 nitrogen and oxygen atoms in total. The van der Waals surface area contributed by atoms with Crippen LogP contribution in [-0.4, -0.2) is 32.1 Å². The van der Waals surface area contributed by atoms with E-state index in [1.807, 2.05) is 0 Å². The smallest absolute Gasteiger partial charge is 0.101 e. The Labute approximate surface area is 103 Å². The maximum absolute atomic E-state index is 2.36. The van der Waals surface area contributed by atoms with Gasteiger partial charge in [0.25, 0.3) is 0 Å². The van der Waals surface area contributed by atoms with Gasteiger partial charge in [-0.15, -0.1) is 0 Å². The first kappa shape index (κ1) is 14.6. The number of nitrogens with zero attached hydrogens (tertiary/aromatic N) is 1. The monoisotopic (exact) mass is 272 g/mol. The van der Waals surface area contributed by atoms with Gasteiger partial charge in [0.2, 0.25) is 0 Å². The molecule has 0 spiro atoms. The highest BCUT2D eigenvalue weighted by Crippen LogP contribution is 2.01. The first-order valence-electron chi connectivity index (χ1n) is 5.20. The number of quaternary nitrogens is 1. The fourth-order valence-corrected chi connectivity index (χ4v) is 1.46. The zero-order chi connectivity index (χ0) is 10.4. The van der Waals surface area contributed by atoms with Gasteiger partial charge in [0, 0.05) is 12.1 Å². The predicted octanol–water partition coefficient (Wildman–Crippen LogP) is -2.38. The fourth-order valence-electron chi connectivity index (χ4n) is 1.46. The average molecular weight is 273 g/mol. The van der Waals surface area contributed by atoms with Crippen molar-refractivity contribution in [1.82, 2.24) is 4.90 Å². The van der Waals surface area contributed by atoms with Gasteiger partial charge in [-0.1, -0.05) is 29.8 Å². The maximum Gasteiger partial charge on any atom is 0.101 e. The van der Waals surface area contributed by atoms with E-state index in [9.17, 15) is 0 Å². The Morgan fingerprint density at radius 1 is 1.27 bits per heavy atom. The zero-order valence-corrected chi connectivity index (χ0v) is 11.4. The molecule has 0 saturated carbocycles. The van der Waals surface area contributed by atoms with Crippen LogP contribution in [0.3, 0.4) is 0 Å². The lowest BCUT2D eigenvalue weighted by Crippen LogP contribution is -3.00. The molecule has 86 valence electrons. The Morgan fingerprint density at radius 2 is 2.00 bits per heavy atom. The molecule has 0 unspecified atom stereocenters. The van der Waals surface area contributed by atoms with Crippen molar-refractivity contribution in [1.29, 1.82) is 0 Å². The van der Waals surface area contributed by atoms with E-state index in [0.29, 0.717) is 0 Å². The molecule has 0 bridgehead atoms. The number of benzene rings is 1. The molecule has 0 atom stereocenters. The molecule has 0 aliphatic carbocycles. The lowest BCUT2D eigenvalue weighted by atomic mass is 10.1. The third-order valence-electron chi connectivity index (χ3n) is 2.24. The van der Waals surface area contributed by atoms with Gasteiger partial charge in [0.1, 0.15) is 6.54 Å². The summed E-state index contributed by atoms with van der Waals surface area (Å²) in [5, 5.41) is 2.36. The van der Waals surface area contributed by atoms with E-state index >= 15 is 0 Å². The van der Waals surface area contributed by atoms with Gasteiger partial charge in [-0.25, -0.2) is 0 Å². The molecule has 15 heavy (non-hydrogen) atoms. The van der Waals surface area contributed by atoms with E-state index in [1.54, 1.807) is 0 Å². The number of hydrogen-bond acceptors (Lipinski definition) is 1. The van der Waals surface area contributed by atoms with E-state index in [4.69, 9.17) is 0 Å². The molecule has 1 rings (SSSR count). The van der Waals surface area contributed by atoms with Gasteiger partial charge in [0.15, 0.2) is 0 Å². The summed E-state index contributed by atoms with van der Waals surface area (Å²) in [5.74, 6) is 0. The van der Waals surface area contributed by atoms with E-state index < -0.39 is 0 Å². The van der Waals surface area contributed by atoms with Gasteiger partial charge in [-0.05, 0) is 21.0 Å². The SMILES string of the molecule is Cc1cccc(C[NH2+]CCN(C)C)c1.[Br-]. The zero-order valence-electron chi connectivity index (χ0n) is 9.83. The van der Waals surface area contributed by atoms with Crippen LogP contribution in [0.5, 0.6) is 0 Å². The molecule has 1 aromatic rings. The van der Waals surface area contributed by atoms with Gasteiger partial charge in [-0.2, -0.15) is 0 Å². The number of likely N-dealkylation sites (N-methyl/N-ethyl adjacent to an activating group) is 1. The minimum atomic E-state index is 0. The summed E-state index contributed by atoms with van der Waals surface area (Å²) in [4.78, 5) is 2.22. The summed E-state index contributed by atoms with van der Waals surface area (Å²) in [6.07, 6.45) is 0. The molecule has 0 saturated heterocycles. The minimum Gasteiger partial charge on any atom is -1.00 e. The van der Waals surface area contributed by atoms with Crippen LogP contribution in [-0.2, 0) is 6.54 Å². The largest absolute Gasteiger partial charge is 1.00 e. The van der Waals surface area contributed by atoms with Crippen molar-refractivity contribution in [2.24, 2.45) is 0 Å². The van der Waals surface area contributed by atoms with Crippen molar-refractivity contribution in [2.45, 2.75) is 13.5 Å². The molecule has 2 N–H and O–H groups in total. The Bertz CT molecular complexity index is 274. The van der Waals surface area contributed by atoms with Crippen molar-refractivity contribution in [3.05, 3.63) is 35.4 Å². The van der Waals surface area contributed by atoms with Crippen LogP contribution in [0, 0.1) is 6.92 Å². The van der Waals surface area contributed by atoms with Gasteiger partial charge >= 0.3 is 0 Å². The average Bonchev–Trinajstić information content (AvgIpc) is 2.12. The van der Waals surface area contributed by atoms with Gasteiger partial charge < -0.3 is 27.2 Å². The summed E-state index contributed by atoms with van der Waals surface area (Å²) in [7, 11) is 4.22. The van der Waals surface area contributed by atoms with Crippen molar-refractivity contribution < 1.29 is 22.3 Å². The second kappa shape index (κ2) is 7.85. The lowest BCUT2D eigenvalue weighted by Gasteiger charge is -2.08. The number of rotatable bonds is 5. The molecule has 0 radical (unpaired) electrons. The van der Waals surface area contributed by atoms with E-state index in [1.165, 1.54) is 17.7 Å². The van der Waals surface area contributed by atoms with E-state index in [-0.39, 0.29) is 17.0 Å². The van der Waals surface area contributed by atoms with Gasteiger partial charge in [0.05, 0.1) is 6.54 Å². The van der Waals surface area contributed by atoms with Crippen molar-refractivity contribution in [2.75, 3.05) is 27.2 Å². The minimum absolute atomic E-state index is 0. The Hall–Kier alpha value is -0.380. The Kier molecular flexibility index (Phi) is 7.65. The van der Waals surface area contributed by atoms with Crippen LogP contribution in [0.4, 0.5) is 0 Å². The summed E-state index contributed by atoms with van der Waals surface area (Å²) < 4.78 is 0. The molecular formula is C12H21BrN2. The van der Waals surface area contributed by atoms with Crippen LogP contribution in [0.25, 0.3) is 0 Å². The van der Waals surface area contributed by atoms with E-state index in [2.05, 4.69) is 55.5 Å². The summed E-state index contributed by atoms with van der Waals surface area (Å²) in [5.41, 5.74) is 2.77. The van der Waals surface area contributed by atoms with Crippen LogP contribution < -0.4 is 22.3 Å². The number of hydrogen-bond donors (Lipinski definition) is 1. The molecule has 3 heteroatoms. The second-order valence-corrected chi connectivity index (χ2v) is 4.07. The number of nitrogens with two attached hydrogens (primary N) is 1. The van der Waals surface area contributed by atoms with Crippen molar-refractivity contribution >= 4 is 0 Å². The summed E-state index contributed by atoms with van der Waals surface area (Å²) in [6.45, 7) is 5.55. The molecule has 0 aliphatic rings. The normalized spacial score (nSPS) is 10.1. The third kappa shape index (κ3) is 6.66. The number of halogens is 1. The lowest BCUT2D eigenvalue weighted by molar-refractivity contribution is -0.670. The van der Waals surface area contributed by atoms with Crippen LogP contribution >= 0.6 is 0 Å². The summed E-state index contributed by atoms with van der Waals surface area (Å²) >= 11 is 0. The van der Waals surface area contributed by atoms with Crippen LogP contribution in [0.2, 0.25) is 0 Å². The Morgan fingerprint density at radius 3 is 2.60 bits per heavy atom. The molecule has 0 aliphatic heterocycles. The highest BCUT2D eigenvalue weighted by Gasteiger charge is 1.96. The molecule has 0 aromatic heterocycles. The molecule has 0 heterocycles. The maximum atomic E-state index is 2.36. The quantitative estimate of drug-likeness (QED) is 0.594. The summed E-state index contributed by atoms with van der Waals surface area (Å²) in [6, 6.07) is 8.72.